The molecular weight excluding hydrogens is 338 g/mol. The predicted octanol–water partition coefficient (Wildman–Crippen LogP) is 3.29. The van der Waals surface area contributed by atoms with E-state index in [1.807, 2.05) is 4.90 Å². The molecule has 2 N–H and O–H groups in total. The van der Waals surface area contributed by atoms with E-state index >= 15 is 0 Å². The number of carbonyl (C=O) groups is 2. The van der Waals surface area contributed by atoms with Crippen LogP contribution >= 0.6 is 11.6 Å². The number of likely N-dealkylation sites (tertiary alicyclic amines) is 1. The molecule has 2 aliphatic rings. The van der Waals surface area contributed by atoms with Crippen molar-refractivity contribution >= 4 is 29.1 Å². The van der Waals surface area contributed by atoms with Crippen molar-refractivity contribution in [1.29, 1.82) is 0 Å². The monoisotopic (exact) mass is 363 g/mol. The third-order valence-corrected chi connectivity index (χ3v) is 5.51. The molecule has 2 atom stereocenters. The van der Waals surface area contributed by atoms with Gasteiger partial charge >= 0.3 is 0 Å². The maximum absolute atomic E-state index is 12.8. The average molecular weight is 364 g/mol. The van der Waals surface area contributed by atoms with Crippen molar-refractivity contribution in [3.8, 4) is 0 Å². The van der Waals surface area contributed by atoms with Crippen LogP contribution in [-0.2, 0) is 4.79 Å². The molecule has 2 fully saturated rings. The number of anilines is 1. The van der Waals surface area contributed by atoms with Crippen LogP contribution in [0.15, 0.2) is 18.2 Å². The van der Waals surface area contributed by atoms with Gasteiger partial charge in [0.05, 0.1) is 16.5 Å². The molecule has 25 heavy (non-hydrogen) atoms. The van der Waals surface area contributed by atoms with Gasteiger partial charge in [-0.2, -0.15) is 0 Å². The van der Waals surface area contributed by atoms with E-state index < -0.39 is 0 Å². The van der Waals surface area contributed by atoms with Crippen molar-refractivity contribution in [2.75, 3.05) is 25.0 Å². The van der Waals surface area contributed by atoms with Crippen LogP contribution in [0.2, 0.25) is 5.02 Å². The maximum Gasteiger partial charge on any atom is 0.255 e. The molecule has 0 bridgehead atoms. The number of benzene rings is 1. The molecule has 2 saturated heterocycles. The van der Waals surface area contributed by atoms with E-state index in [2.05, 4.69) is 17.6 Å². The highest BCUT2D eigenvalue weighted by molar-refractivity contribution is 6.34. The van der Waals surface area contributed by atoms with Gasteiger partial charge in [-0.3, -0.25) is 9.59 Å². The SMILES string of the molecule is CC1CCCCN1C(=O)c1ccc(NC(=O)C2CCCNC2)cc1Cl. The summed E-state index contributed by atoms with van der Waals surface area (Å²) in [6.07, 6.45) is 5.15. The summed E-state index contributed by atoms with van der Waals surface area (Å²) in [4.78, 5) is 27.0. The zero-order valence-corrected chi connectivity index (χ0v) is 15.4. The Morgan fingerprint density at radius 3 is 2.76 bits per heavy atom. The third-order valence-electron chi connectivity index (χ3n) is 5.20. The highest BCUT2D eigenvalue weighted by atomic mass is 35.5. The highest BCUT2D eigenvalue weighted by Crippen LogP contribution is 2.26. The predicted molar refractivity (Wildman–Crippen MR) is 100 cm³/mol. The van der Waals surface area contributed by atoms with Gasteiger partial charge in [0.25, 0.3) is 5.91 Å². The number of nitrogens with zero attached hydrogens (tertiary/aromatic N) is 1. The van der Waals surface area contributed by atoms with E-state index in [0.717, 1.165) is 38.8 Å². The molecule has 0 spiro atoms. The van der Waals surface area contributed by atoms with Crippen LogP contribution in [0.1, 0.15) is 49.4 Å². The summed E-state index contributed by atoms with van der Waals surface area (Å²) in [6.45, 7) is 4.55. The topological polar surface area (TPSA) is 61.4 Å². The Balaban J connectivity index is 1.67. The van der Waals surface area contributed by atoms with Crippen molar-refractivity contribution in [2.45, 2.75) is 45.1 Å². The second-order valence-electron chi connectivity index (χ2n) is 7.07. The molecule has 5 nitrogen and oxygen atoms in total. The quantitative estimate of drug-likeness (QED) is 0.866. The first-order chi connectivity index (χ1) is 12.1. The van der Waals surface area contributed by atoms with Crippen molar-refractivity contribution in [1.82, 2.24) is 10.2 Å². The average Bonchev–Trinajstić information content (AvgIpc) is 2.62. The Labute approximate surface area is 154 Å². The summed E-state index contributed by atoms with van der Waals surface area (Å²) in [5.41, 5.74) is 1.15. The molecule has 2 unspecified atom stereocenters. The lowest BCUT2D eigenvalue weighted by Crippen LogP contribution is -2.42. The lowest BCUT2D eigenvalue weighted by Gasteiger charge is -2.33. The molecule has 2 heterocycles. The molecule has 1 aromatic rings. The first kappa shape index (κ1) is 18.2. The first-order valence-electron chi connectivity index (χ1n) is 9.18. The minimum atomic E-state index is -0.0217. The van der Waals surface area contributed by atoms with Gasteiger partial charge in [-0.05, 0) is 63.8 Å². The molecule has 0 radical (unpaired) electrons. The van der Waals surface area contributed by atoms with Gasteiger partial charge in [0.2, 0.25) is 5.91 Å². The third kappa shape index (κ3) is 4.33. The molecule has 2 amide bonds. The molecule has 3 rings (SSSR count). The fraction of sp³-hybridized carbons (Fsp3) is 0.579. The van der Waals surface area contributed by atoms with Gasteiger partial charge in [0.1, 0.15) is 0 Å². The number of amides is 2. The van der Waals surface area contributed by atoms with Crippen molar-refractivity contribution < 1.29 is 9.59 Å². The number of hydrogen-bond acceptors (Lipinski definition) is 3. The Bertz CT molecular complexity index is 644. The van der Waals surface area contributed by atoms with Crippen LogP contribution in [0.4, 0.5) is 5.69 Å². The summed E-state index contributed by atoms with van der Waals surface area (Å²) in [5, 5.41) is 6.55. The maximum atomic E-state index is 12.8. The van der Waals surface area contributed by atoms with Crippen molar-refractivity contribution in [2.24, 2.45) is 5.92 Å². The van der Waals surface area contributed by atoms with E-state index in [1.165, 1.54) is 6.42 Å². The number of rotatable bonds is 3. The number of hydrogen-bond donors (Lipinski definition) is 2. The van der Waals surface area contributed by atoms with Crippen LogP contribution < -0.4 is 10.6 Å². The smallest absolute Gasteiger partial charge is 0.255 e. The molecule has 136 valence electrons. The fourth-order valence-corrected chi connectivity index (χ4v) is 3.90. The normalized spacial score (nSPS) is 24.0. The number of piperidine rings is 2. The van der Waals surface area contributed by atoms with E-state index in [-0.39, 0.29) is 23.8 Å². The van der Waals surface area contributed by atoms with E-state index in [4.69, 9.17) is 11.6 Å². The van der Waals surface area contributed by atoms with E-state index in [1.54, 1.807) is 18.2 Å². The second kappa shape index (κ2) is 8.19. The largest absolute Gasteiger partial charge is 0.336 e. The van der Waals surface area contributed by atoms with Gasteiger partial charge in [-0.15, -0.1) is 0 Å². The Hall–Kier alpha value is -1.59. The first-order valence-corrected chi connectivity index (χ1v) is 9.56. The summed E-state index contributed by atoms with van der Waals surface area (Å²) in [6, 6.07) is 5.41. The van der Waals surface area contributed by atoms with E-state index in [9.17, 15) is 9.59 Å². The van der Waals surface area contributed by atoms with Gasteiger partial charge in [-0.1, -0.05) is 11.6 Å². The van der Waals surface area contributed by atoms with E-state index in [0.29, 0.717) is 22.8 Å². The molecule has 0 saturated carbocycles. The Kier molecular flexibility index (Phi) is 5.97. The Morgan fingerprint density at radius 2 is 2.08 bits per heavy atom. The minimum absolute atomic E-state index is 0.00648. The van der Waals surface area contributed by atoms with Gasteiger partial charge in [0, 0.05) is 24.8 Å². The number of nitrogens with one attached hydrogen (secondary N) is 2. The lowest BCUT2D eigenvalue weighted by atomic mass is 9.98. The summed E-state index contributed by atoms with van der Waals surface area (Å²) < 4.78 is 0. The summed E-state index contributed by atoms with van der Waals surface area (Å²) >= 11 is 6.35. The Morgan fingerprint density at radius 1 is 1.24 bits per heavy atom. The second-order valence-corrected chi connectivity index (χ2v) is 7.48. The summed E-state index contributed by atoms with van der Waals surface area (Å²) in [7, 11) is 0. The fourth-order valence-electron chi connectivity index (χ4n) is 3.64. The van der Waals surface area contributed by atoms with Crippen LogP contribution in [0.5, 0.6) is 0 Å². The minimum Gasteiger partial charge on any atom is -0.336 e. The van der Waals surface area contributed by atoms with Crippen LogP contribution in [0.3, 0.4) is 0 Å². The molecule has 0 aliphatic carbocycles. The van der Waals surface area contributed by atoms with Crippen LogP contribution in [0, 0.1) is 5.92 Å². The van der Waals surface area contributed by atoms with Gasteiger partial charge in [0.15, 0.2) is 0 Å². The van der Waals surface area contributed by atoms with Gasteiger partial charge in [-0.25, -0.2) is 0 Å². The zero-order valence-electron chi connectivity index (χ0n) is 14.7. The number of halogens is 1. The highest BCUT2D eigenvalue weighted by Gasteiger charge is 2.26. The van der Waals surface area contributed by atoms with Crippen LogP contribution in [-0.4, -0.2) is 42.4 Å². The zero-order chi connectivity index (χ0) is 17.8. The molecule has 0 aromatic heterocycles. The molecule has 1 aromatic carbocycles. The lowest BCUT2D eigenvalue weighted by molar-refractivity contribution is -0.120. The molecule has 2 aliphatic heterocycles. The van der Waals surface area contributed by atoms with Crippen molar-refractivity contribution in [3.63, 3.8) is 0 Å². The standard InChI is InChI=1S/C19H26ClN3O2/c1-13-5-2-3-10-23(13)19(25)16-8-7-15(11-17(16)20)22-18(24)14-6-4-9-21-12-14/h7-8,11,13-14,21H,2-6,9-10,12H2,1H3,(H,22,24). The molecular formula is C19H26ClN3O2. The van der Waals surface area contributed by atoms with Crippen LogP contribution in [0.25, 0.3) is 0 Å². The number of carbonyl (C=O) groups excluding carboxylic acids is 2. The van der Waals surface area contributed by atoms with Gasteiger partial charge < -0.3 is 15.5 Å². The van der Waals surface area contributed by atoms with Crippen molar-refractivity contribution in [3.05, 3.63) is 28.8 Å². The summed E-state index contributed by atoms with van der Waals surface area (Å²) in [5.74, 6) is -0.0263. The molecule has 6 heteroatoms.